The van der Waals surface area contributed by atoms with Crippen molar-refractivity contribution in [2.24, 2.45) is 5.14 Å². The molecule has 1 heterocycles. The van der Waals surface area contributed by atoms with E-state index in [0.717, 1.165) is 0 Å². The Hall–Kier alpha value is -0.420. The largest absolute Gasteiger partial charge is 0.417 e. The quantitative estimate of drug-likeness (QED) is 0.613. The fraction of sp³-hybridized carbons (Fsp3) is 0.167. The summed E-state index contributed by atoms with van der Waals surface area (Å²) in [7, 11) is -4.42. The lowest BCUT2D eigenvalue weighted by Gasteiger charge is -2.10. The molecule has 0 aliphatic carbocycles. The zero-order chi connectivity index (χ0) is 11.9. The predicted octanol–water partition coefficient (Wildman–Crippen LogP) is 1.35. The van der Waals surface area contributed by atoms with Gasteiger partial charge in [-0.2, -0.15) is 13.2 Å². The van der Waals surface area contributed by atoms with Gasteiger partial charge in [-0.15, -0.1) is 0 Å². The lowest BCUT2D eigenvalue weighted by atomic mass is 10.3. The number of sulfonamides is 1. The Labute approximate surface area is 96.9 Å². The lowest BCUT2D eigenvalue weighted by molar-refractivity contribution is -0.140. The van der Waals surface area contributed by atoms with Crippen molar-refractivity contribution in [1.82, 2.24) is 4.98 Å². The third-order valence-electron chi connectivity index (χ3n) is 1.45. The van der Waals surface area contributed by atoms with Crippen molar-refractivity contribution in [2.45, 2.75) is 11.1 Å². The summed E-state index contributed by atoms with van der Waals surface area (Å²) < 4.78 is 59.0. The van der Waals surface area contributed by atoms with Crippen LogP contribution in [-0.4, -0.2) is 13.4 Å². The standard InChI is InChI=1S/C6H4F3IN2O2S/c7-6(8,9)3-1-5(10)12-2-4(3)15(11,13)14/h1-2H,(H2,11,13,14). The molecular formula is C6H4F3IN2O2S. The minimum Gasteiger partial charge on any atom is -0.249 e. The van der Waals surface area contributed by atoms with Gasteiger partial charge in [0.1, 0.15) is 8.60 Å². The molecule has 1 aromatic heterocycles. The van der Waals surface area contributed by atoms with Crippen LogP contribution in [0.25, 0.3) is 0 Å². The highest BCUT2D eigenvalue weighted by Crippen LogP contribution is 2.33. The maximum atomic E-state index is 12.4. The van der Waals surface area contributed by atoms with Crippen LogP contribution in [0.3, 0.4) is 0 Å². The van der Waals surface area contributed by atoms with Gasteiger partial charge in [0.25, 0.3) is 0 Å². The zero-order valence-corrected chi connectivity index (χ0v) is 9.89. The predicted molar refractivity (Wildman–Crippen MR) is 53.3 cm³/mol. The monoisotopic (exact) mass is 352 g/mol. The number of nitrogens with two attached hydrogens (primary N) is 1. The van der Waals surface area contributed by atoms with E-state index in [1.807, 2.05) is 0 Å². The molecule has 84 valence electrons. The average Bonchev–Trinajstić information content (AvgIpc) is 2.00. The highest BCUT2D eigenvalue weighted by molar-refractivity contribution is 14.1. The molecule has 0 radical (unpaired) electrons. The molecule has 1 rings (SSSR count). The van der Waals surface area contributed by atoms with Crippen molar-refractivity contribution in [3.63, 3.8) is 0 Å². The smallest absolute Gasteiger partial charge is 0.249 e. The van der Waals surface area contributed by atoms with Crippen molar-refractivity contribution < 1.29 is 21.6 Å². The molecule has 15 heavy (non-hydrogen) atoms. The highest BCUT2D eigenvalue weighted by Gasteiger charge is 2.36. The van der Waals surface area contributed by atoms with Crippen LogP contribution in [0.15, 0.2) is 17.2 Å². The number of halogens is 4. The highest BCUT2D eigenvalue weighted by atomic mass is 127. The van der Waals surface area contributed by atoms with Crippen LogP contribution in [0.5, 0.6) is 0 Å². The molecule has 4 nitrogen and oxygen atoms in total. The maximum Gasteiger partial charge on any atom is 0.417 e. The van der Waals surface area contributed by atoms with Crippen molar-refractivity contribution in [3.8, 4) is 0 Å². The summed E-state index contributed by atoms with van der Waals surface area (Å²) in [4.78, 5) is 2.43. The third-order valence-corrected chi connectivity index (χ3v) is 2.97. The Morgan fingerprint density at radius 1 is 1.40 bits per heavy atom. The van der Waals surface area contributed by atoms with Crippen LogP contribution in [0.2, 0.25) is 0 Å². The number of aromatic nitrogens is 1. The first-order chi connectivity index (χ1) is 6.62. The van der Waals surface area contributed by atoms with Crippen LogP contribution < -0.4 is 5.14 Å². The van der Waals surface area contributed by atoms with E-state index in [9.17, 15) is 21.6 Å². The number of hydrogen-bond donors (Lipinski definition) is 1. The summed E-state index contributed by atoms with van der Waals surface area (Å²) >= 11 is 1.54. The minimum absolute atomic E-state index is 0.0346. The molecule has 0 spiro atoms. The van der Waals surface area contributed by atoms with E-state index in [1.54, 1.807) is 22.6 Å². The third kappa shape index (κ3) is 3.01. The van der Waals surface area contributed by atoms with Crippen LogP contribution >= 0.6 is 22.6 Å². The second-order valence-corrected chi connectivity index (χ2v) is 5.18. The van der Waals surface area contributed by atoms with Gasteiger partial charge in [-0.1, -0.05) is 0 Å². The fourth-order valence-electron chi connectivity index (χ4n) is 0.866. The van der Waals surface area contributed by atoms with E-state index < -0.39 is 26.7 Å². The van der Waals surface area contributed by atoms with Crippen LogP contribution in [0.1, 0.15) is 5.56 Å². The number of nitrogens with zero attached hydrogens (tertiary/aromatic N) is 1. The lowest BCUT2D eigenvalue weighted by Crippen LogP contribution is -2.19. The first-order valence-electron chi connectivity index (χ1n) is 3.38. The molecule has 0 aromatic carbocycles. The van der Waals surface area contributed by atoms with E-state index in [2.05, 4.69) is 10.1 Å². The van der Waals surface area contributed by atoms with Gasteiger partial charge in [0.15, 0.2) is 0 Å². The minimum atomic E-state index is -4.77. The fourth-order valence-corrected chi connectivity index (χ4v) is 2.00. The summed E-state index contributed by atoms with van der Waals surface area (Å²) in [6, 6.07) is 0.625. The Morgan fingerprint density at radius 3 is 2.33 bits per heavy atom. The van der Waals surface area contributed by atoms with Crippen molar-refractivity contribution in [3.05, 3.63) is 21.5 Å². The van der Waals surface area contributed by atoms with Gasteiger partial charge in [0.2, 0.25) is 10.0 Å². The molecule has 0 saturated heterocycles. The van der Waals surface area contributed by atoms with E-state index >= 15 is 0 Å². The molecule has 9 heteroatoms. The van der Waals surface area contributed by atoms with Gasteiger partial charge >= 0.3 is 6.18 Å². The molecule has 0 unspecified atom stereocenters. The van der Waals surface area contributed by atoms with Crippen LogP contribution in [-0.2, 0) is 16.2 Å². The van der Waals surface area contributed by atoms with Crippen LogP contribution in [0, 0.1) is 3.70 Å². The second kappa shape index (κ2) is 3.87. The number of hydrogen-bond acceptors (Lipinski definition) is 3. The average molecular weight is 352 g/mol. The summed E-state index contributed by atoms with van der Waals surface area (Å²) in [6.45, 7) is 0. The Morgan fingerprint density at radius 2 is 1.93 bits per heavy atom. The SMILES string of the molecule is NS(=O)(=O)c1cnc(I)cc1C(F)(F)F. The normalized spacial score (nSPS) is 12.9. The van der Waals surface area contributed by atoms with Gasteiger partial charge in [-0.25, -0.2) is 18.5 Å². The zero-order valence-electron chi connectivity index (χ0n) is 6.92. The second-order valence-electron chi connectivity index (χ2n) is 2.55. The molecule has 0 atom stereocenters. The molecule has 0 fully saturated rings. The molecule has 0 saturated carbocycles. The van der Waals surface area contributed by atoms with Crippen molar-refractivity contribution in [1.29, 1.82) is 0 Å². The first kappa shape index (κ1) is 12.6. The van der Waals surface area contributed by atoms with E-state index in [4.69, 9.17) is 0 Å². The van der Waals surface area contributed by atoms with E-state index in [1.165, 1.54) is 0 Å². The molecule has 0 aliphatic rings. The maximum absolute atomic E-state index is 12.4. The molecule has 0 amide bonds. The summed E-state index contributed by atoms with van der Waals surface area (Å²) in [5.41, 5.74) is -1.30. The van der Waals surface area contributed by atoms with Gasteiger partial charge < -0.3 is 0 Å². The molecule has 1 aromatic rings. The number of pyridine rings is 1. The van der Waals surface area contributed by atoms with Gasteiger partial charge in [0, 0.05) is 6.20 Å². The van der Waals surface area contributed by atoms with Gasteiger partial charge in [-0.3, -0.25) is 0 Å². The number of primary sulfonamides is 1. The number of rotatable bonds is 1. The van der Waals surface area contributed by atoms with E-state index in [-0.39, 0.29) is 3.70 Å². The molecular weight excluding hydrogens is 348 g/mol. The first-order valence-corrected chi connectivity index (χ1v) is 6.00. The molecule has 0 aliphatic heterocycles. The summed E-state index contributed by atoms with van der Waals surface area (Å²) in [5, 5.41) is 4.63. The molecule has 2 N–H and O–H groups in total. The molecule has 0 bridgehead atoms. The Kier molecular flexibility index (Phi) is 3.26. The van der Waals surface area contributed by atoms with Crippen molar-refractivity contribution >= 4 is 32.6 Å². The van der Waals surface area contributed by atoms with Gasteiger partial charge in [-0.05, 0) is 28.7 Å². The van der Waals surface area contributed by atoms with Gasteiger partial charge in [0.05, 0.1) is 5.56 Å². The Bertz CT molecular complexity index is 486. The Balaban J connectivity index is 3.55. The number of alkyl halides is 3. The summed E-state index contributed by atoms with van der Waals surface area (Å²) in [6.07, 6.45) is -4.18. The van der Waals surface area contributed by atoms with E-state index in [0.29, 0.717) is 12.3 Å². The van der Waals surface area contributed by atoms with Crippen molar-refractivity contribution in [2.75, 3.05) is 0 Å². The van der Waals surface area contributed by atoms with Crippen LogP contribution in [0.4, 0.5) is 13.2 Å². The topological polar surface area (TPSA) is 73.1 Å². The summed E-state index contributed by atoms with van der Waals surface area (Å²) in [5.74, 6) is 0.